The van der Waals surface area contributed by atoms with Gasteiger partial charge in [-0.2, -0.15) is 0 Å². The fourth-order valence-electron chi connectivity index (χ4n) is 3.31. The van der Waals surface area contributed by atoms with Crippen molar-refractivity contribution in [1.29, 1.82) is 0 Å². The Morgan fingerprint density at radius 1 is 0.926 bits per heavy atom. The highest BCUT2D eigenvalue weighted by molar-refractivity contribution is 6.03. The monoisotopic (exact) mass is 365 g/mol. The van der Waals surface area contributed by atoms with E-state index in [4.69, 9.17) is 0 Å². The molecule has 0 aliphatic carbocycles. The Labute approximate surface area is 161 Å². The number of hydrogen-bond donors (Lipinski definition) is 1. The van der Waals surface area contributed by atoms with Gasteiger partial charge in [0.1, 0.15) is 6.42 Å². The van der Waals surface area contributed by atoms with Crippen molar-refractivity contribution in [2.75, 3.05) is 36.4 Å². The quantitative estimate of drug-likeness (QED) is 0.846. The average Bonchev–Trinajstić information content (AvgIpc) is 2.65. The van der Waals surface area contributed by atoms with Crippen molar-refractivity contribution < 1.29 is 9.59 Å². The summed E-state index contributed by atoms with van der Waals surface area (Å²) in [5.41, 5.74) is 5.45. The average molecular weight is 365 g/mol. The zero-order valence-electron chi connectivity index (χ0n) is 16.3. The topological polar surface area (TPSA) is 52.7 Å². The largest absolute Gasteiger partial charge is 0.368 e. The molecule has 0 atom stereocenters. The highest BCUT2D eigenvalue weighted by Gasteiger charge is 2.23. The third-order valence-electron chi connectivity index (χ3n) is 5.10. The van der Waals surface area contributed by atoms with Crippen molar-refractivity contribution in [3.05, 3.63) is 59.2 Å². The molecule has 1 heterocycles. The Kier molecular flexibility index (Phi) is 5.79. The van der Waals surface area contributed by atoms with Gasteiger partial charge in [-0.3, -0.25) is 9.59 Å². The molecular weight excluding hydrogens is 338 g/mol. The zero-order valence-corrected chi connectivity index (χ0v) is 16.3. The summed E-state index contributed by atoms with van der Waals surface area (Å²) in [5, 5.41) is 2.82. The van der Waals surface area contributed by atoms with Crippen LogP contribution in [0.2, 0.25) is 0 Å². The molecule has 1 fully saturated rings. The number of benzene rings is 2. The molecule has 0 spiro atoms. The maximum atomic E-state index is 12.5. The summed E-state index contributed by atoms with van der Waals surface area (Å²) in [7, 11) is 0. The van der Waals surface area contributed by atoms with Crippen LogP contribution in [0.4, 0.5) is 11.4 Å². The van der Waals surface area contributed by atoms with Crippen molar-refractivity contribution in [2.24, 2.45) is 0 Å². The molecular formula is C22H27N3O2. The molecule has 0 aromatic heterocycles. The summed E-state index contributed by atoms with van der Waals surface area (Å²) < 4.78 is 0. The molecule has 1 aliphatic rings. The van der Waals surface area contributed by atoms with E-state index in [1.807, 2.05) is 32.0 Å². The smallest absolute Gasteiger partial charge is 0.233 e. The van der Waals surface area contributed by atoms with E-state index >= 15 is 0 Å². The van der Waals surface area contributed by atoms with Crippen LogP contribution < -0.4 is 10.2 Å². The number of carbonyl (C=O) groups is 2. The third kappa shape index (κ3) is 4.88. The number of rotatable bonds is 4. The molecule has 2 aromatic carbocycles. The van der Waals surface area contributed by atoms with Gasteiger partial charge in [-0.25, -0.2) is 0 Å². The van der Waals surface area contributed by atoms with E-state index in [1.165, 1.54) is 16.8 Å². The number of piperazine rings is 1. The predicted molar refractivity (Wildman–Crippen MR) is 109 cm³/mol. The molecule has 142 valence electrons. The fourth-order valence-corrected chi connectivity index (χ4v) is 3.31. The van der Waals surface area contributed by atoms with Crippen molar-refractivity contribution in [1.82, 2.24) is 4.90 Å². The summed E-state index contributed by atoms with van der Waals surface area (Å²) in [6.45, 7) is 8.97. The van der Waals surface area contributed by atoms with Crippen LogP contribution in [-0.2, 0) is 9.59 Å². The Morgan fingerprint density at radius 2 is 1.67 bits per heavy atom. The first-order valence-electron chi connectivity index (χ1n) is 9.39. The van der Waals surface area contributed by atoms with E-state index in [1.54, 1.807) is 4.90 Å². The third-order valence-corrected chi connectivity index (χ3v) is 5.10. The SMILES string of the molecule is Cc1cccc(N2CCN(C(=O)CC(=O)Nc3ccc(C)c(C)c3)CC2)c1. The van der Waals surface area contributed by atoms with E-state index in [-0.39, 0.29) is 18.2 Å². The lowest BCUT2D eigenvalue weighted by Crippen LogP contribution is -2.49. The molecule has 2 amide bonds. The Bertz CT molecular complexity index is 839. The lowest BCUT2D eigenvalue weighted by molar-refractivity contribution is -0.134. The molecule has 27 heavy (non-hydrogen) atoms. The minimum atomic E-state index is -0.260. The molecule has 1 aliphatic heterocycles. The molecule has 1 saturated heterocycles. The van der Waals surface area contributed by atoms with Crippen LogP contribution in [0.5, 0.6) is 0 Å². The first-order valence-corrected chi connectivity index (χ1v) is 9.39. The molecule has 2 aromatic rings. The van der Waals surface area contributed by atoms with E-state index in [0.29, 0.717) is 13.1 Å². The van der Waals surface area contributed by atoms with Gasteiger partial charge in [-0.1, -0.05) is 18.2 Å². The molecule has 1 N–H and O–H groups in total. The van der Waals surface area contributed by atoms with Crippen LogP contribution in [0.3, 0.4) is 0 Å². The molecule has 0 unspecified atom stereocenters. The molecule has 0 saturated carbocycles. The van der Waals surface area contributed by atoms with Crippen molar-refractivity contribution in [3.8, 4) is 0 Å². The van der Waals surface area contributed by atoms with E-state index in [0.717, 1.165) is 24.3 Å². The van der Waals surface area contributed by atoms with Crippen LogP contribution >= 0.6 is 0 Å². The second-order valence-electron chi connectivity index (χ2n) is 7.23. The summed E-state index contributed by atoms with van der Waals surface area (Å²) in [4.78, 5) is 28.7. The van der Waals surface area contributed by atoms with Gasteiger partial charge in [0.05, 0.1) is 0 Å². The Hall–Kier alpha value is -2.82. The maximum absolute atomic E-state index is 12.5. The first kappa shape index (κ1) is 19.0. The minimum Gasteiger partial charge on any atom is -0.368 e. The number of carbonyl (C=O) groups excluding carboxylic acids is 2. The zero-order chi connectivity index (χ0) is 19.4. The number of nitrogens with one attached hydrogen (secondary N) is 1. The van der Waals surface area contributed by atoms with Gasteiger partial charge < -0.3 is 15.1 Å². The number of nitrogens with zero attached hydrogens (tertiary/aromatic N) is 2. The second-order valence-corrected chi connectivity index (χ2v) is 7.23. The molecule has 5 nitrogen and oxygen atoms in total. The summed E-state index contributed by atoms with van der Waals surface area (Å²) in [6.07, 6.45) is -0.114. The minimum absolute atomic E-state index is 0.111. The molecule has 0 radical (unpaired) electrons. The van der Waals surface area contributed by atoms with Crippen LogP contribution in [0.15, 0.2) is 42.5 Å². The van der Waals surface area contributed by atoms with E-state index < -0.39 is 0 Å². The van der Waals surface area contributed by atoms with Gasteiger partial charge in [0.25, 0.3) is 0 Å². The number of anilines is 2. The van der Waals surface area contributed by atoms with E-state index in [9.17, 15) is 9.59 Å². The van der Waals surface area contributed by atoms with Crippen molar-refractivity contribution >= 4 is 23.2 Å². The lowest BCUT2D eigenvalue weighted by Gasteiger charge is -2.36. The molecule has 0 bridgehead atoms. The predicted octanol–water partition coefficient (Wildman–Crippen LogP) is 3.29. The Morgan fingerprint density at radius 3 is 2.33 bits per heavy atom. The summed E-state index contributed by atoms with van der Waals surface area (Å²) in [6, 6.07) is 14.2. The highest BCUT2D eigenvalue weighted by Crippen LogP contribution is 2.18. The van der Waals surface area contributed by atoms with Gasteiger partial charge in [0.2, 0.25) is 11.8 Å². The van der Waals surface area contributed by atoms with Gasteiger partial charge in [0, 0.05) is 37.6 Å². The standard InChI is InChI=1S/C22H27N3O2/c1-16-5-4-6-20(13-16)24-9-11-25(12-10-24)22(27)15-21(26)23-19-8-7-17(2)18(3)14-19/h4-8,13-14H,9-12,15H2,1-3H3,(H,23,26). The van der Waals surface area contributed by atoms with E-state index in [2.05, 4.69) is 41.4 Å². The van der Waals surface area contributed by atoms with Crippen LogP contribution in [0, 0.1) is 20.8 Å². The van der Waals surface area contributed by atoms with Gasteiger partial charge in [-0.15, -0.1) is 0 Å². The Balaban J connectivity index is 1.50. The van der Waals surface area contributed by atoms with Gasteiger partial charge in [0.15, 0.2) is 0 Å². The fraction of sp³-hybridized carbons (Fsp3) is 0.364. The van der Waals surface area contributed by atoms with Crippen molar-refractivity contribution in [2.45, 2.75) is 27.2 Å². The number of amides is 2. The molecule has 5 heteroatoms. The molecule has 3 rings (SSSR count). The van der Waals surface area contributed by atoms with Crippen LogP contribution in [0.25, 0.3) is 0 Å². The summed E-state index contributed by atoms with van der Waals surface area (Å²) in [5.74, 6) is -0.371. The van der Waals surface area contributed by atoms with Gasteiger partial charge >= 0.3 is 0 Å². The van der Waals surface area contributed by atoms with Gasteiger partial charge in [-0.05, 0) is 61.7 Å². The number of hydrogen-bond acceptors (Lipinski definition) is 3. The summed E-state index contributed by atoms with van der Waals surface area (Å²) >= 11 is 0. The highest BCUT2D eigenvalue weighted by atomic mass is 16.2. The second kappa shape index (κ2) is 8.25. The first-order chi connectivity index (χ1) is 12.9. The van der Waals surface area contributed by atoms with Crippen molar-refractivity contribution in [3.63, 3.8) is 0 Å². The maximum Gasteiger partial charge on any atom is 0.233 e. The van der Waals surface area contributed by atoms with Crippen LogP contribution in [0.1, 0.15) is 23.1 Å². The van der Waals surface area contributed by atoms with Crippen LogP contribution in [-0.4, -0.2) is 42.9 Å². The lowest BCUT2D eigenvalue weighted by atomic mass is 10.1. The normalized spacial score (nSPS) is 14.2. The number of aryl methyl sites for hydroxylation is 3.